The maximum Gasteiger partial charge on any atom is 1.00 e. The van der Waals surface area contributed by atoms with Crippen LogP contribution in [0.25, 0.3) is 0 Å². The summed E-state index contributed by atoms with van der Waals surface area (Å²) in [5.41, 5.74) is 0.175. The number of morpholine rings is 1. The normalized spacial score (nSPS) is 27.7. The molecule has 3 saturated heterocycles. The summed E-state index contributed by atoms with van der Waals surface area (Å²) in [5, 5.41) is 21.8. The van der Waals surface area contributed by atoms with E-state index in [0.29, 0.717) is 50.3 Å². The second-order valence-electron chi connectivity index (χ2n) is 8.82. The fourth-order valence-corrected chi connectivity index (χ4v) is 6.47. The number of nitrogens with zero attached hydrogens (tertiary/aromatic N) is 4. The number of β-lactam (4-membered cyclic amide) rings is 1. The van der Waals surface area contributed by atoms with E-state index in [9.17, 15) is 24.6 Å². The van der Waals surface area contributed by atoms with Gasteiger partial charge in [0.15, 0.2) is 5.69 Å². The minimum absolute atomic E-state index is 0. The van der Waals surface area contributed by atoms with E-state index in [1.807, 2.05) is 11.8 Å². The van der Waals surface area contributed by atoms with Gasteiger partial charge in [0.2, 0.25) is 5.91 Å². The molecule has 4 aliphatic rings. The summed E-state index contributed by atoms with van der Waals surface area (Å²) < 4.78 is 10.8. The van der Waals surface area contributed by atoms with Gasteiger partial charge in [0, 0.05) is 42.3 Å². The van der Waals surface area contributed by atoms with Crippen molar-refractivity contribution >= 4 is 35.6 Å². The van der Waals surface area contributed by atoms with Crippen LogP contribution in [-0.2, 0) is 14.3 Å². The molecule has 178 valence electrons. The van der Waals surface area contributed by atoms with Crippen LogP contribution in [0.5, 0.6) is 0 Å². The number of anilines is 1. The zero-order valence-corrected chi connectivity index (χ0v) is 22.1. The molecule has 0 radical (unpaired) electrons. The SMILES string of the molecule is C[C@@H](O)[C@H]1C(=O)N2C(C(=O)[O-])=C(SC3CN(c4nc(C(=O)N5CCOCC5)co4)C3)[C@H](C)[C@H]12.[Na+]. The van der Waals surface area contributed by atoms with Crippen molar-refractivity contribution in [2.75, 3.05) is 44.3 Å². The van der Waals surface area contributed by atoms with E-state index in [4.69, 9.17) is 9.15 Å². The van der Waals surface area contributed by atoms with Crippen LogP contribution in [-0.4, -0.2) is 94.5 Å². The van der Waals surface area contributed by atoms with Crippen molar-refractivity contribution in [2.24, 2.45) is 11.8 Å². The molecule has 13 heteroatoms. The molecule has 1 aromatic heterocycles. The number of thioether (sulfide) groups is 1. The number of rotatable bonds is 6. The number of aliphatic hydroxyl groups excluding tert-OH is 1. The van der Waals surface area contributed by atoms with Gasteiger partial charge in [-0.1, -0.05) is 6.92 Å². The molecule has 11 nitrogen and oxygen atoms in total. The van der Waals surface area contributed by atoms with Crippen LogP contribution in [0.15, 0.2) is 21.3 Å². The monoisotopic (exact) mass is 500 g/mol. The van der Waals surface area contributed by atoms with Gasteiger partial charge in [0.1, 0.15) is 6.26 Å². The first-order valence-electron chi connectivity index (χ1n) is 11.0. The number of hydrogen-bond donors (Lipinski definition) is 1. The molecule has 5 heterocycles. The van der Waals surface area contributed by atoms with Crippen LogP contribution in [0.2, 0.25) is 0 Å². The first kappa shape index (κ1) is 25.5. The van der Waals surface area contributed by atoms with Crippen LogP contribution >= 0.6 is 11.8 Å². The van der Waals surface area contributed by atoms with Crippen molar-refractivity contribution in [2.45, 2.75) is 31.2 Å². The van der Waals surface area contributed by atoms with Crippen molar-refractivity contribution < 1.29 is 63.3 Å². The van der Waals surface area contributed by atoms with Gasteiger partial charge >= 0.3 is 29.6 Å². The Hall–Kier alpha value is -1.57. The minimum Gasteiger partial charge on any atom is -0.543 e. The number of aliphatic hydroxyl groups is 1. The predicted octanol–water partition coefficient (Wildman–Crippen LogP) is -4.11. The van der Waals surface area contributed by atoms with Crippen LogP contribution in [0.3, 0.4) is 0 Å². The Bertz CT molecular complexity index is 1020. The molecule has 0 saturated carbocycles. The van der Waals surface area contributed by atoms with Crippen molar-refractivity contribution in [3.63, 3.8) is 0 Å². The van der Waals surface area contributed by atoms with Gasteiger partial charge in [-0.25, -0.2) is 0 Å². The van der Waals surface area contributed by atoms with Gasteiger partial charge in [0.05, 0.1) is 42.9 Å². The second kappa shape index (κ2) is 9.82. The van der Waals surface area contributed by atoms with E-state index in [1.165, 1.54) is 22.9 Å². The summed E-state index contributed by atoms with van der Waals surface area (Å²) in [6.45, 7) is 6.61. The molecule has 4 atom stereocenters. The number of ether oxygens (including phenoxy) is 1. The standard InChI is InChI=1S/C21H26N4O7S.Na/c1-10-15-14(11(2)26)19(28)25(15)16(20(29)30)17(10)33-12-7-24(8-12)21-22-13(9-32-21)18(27)23-3-5-31-6-4-23;/h9-12,14-15,26H,3-8H2,1-2H3,(H,29,30);/q;+1/p-1/t10-,11-,14-,15-;/m1./s1. The van der Waals surface area contributed by atoms with E-state index in [-0.39, 0.29) is 70.0 Å². The Morgan fingerprint density at radius 1 is 1.29 bits per heavy atom. The number of carbonyl (C=O) groups excluding carboxylic acids is 3. The Kier molecular flexibility index (Phi) is 7.37. The number of carboxylic acids is 1. The van der Waals surface area contributed by atoms with Crippen LogP contribution < -0.4 is 39.6 Å². The third kappa shape index (κ3) is 4.18. The second-order valence-corrected chi connectivity index (χ2v) is 10.2. The molecular formula is C21H25N4NaO7S. The Morgan fingerprint density at radius 2 is 1.97 bits per heavy atom. The molecule has 0 aliphatic carbocycles. The zero-order valence-electron chi connectivity index (χ0n) is 19.3. The third-order valence-corrected chi connectivity index (χ3v) is 8.17. The maximum atomic E-state index is 12.5. The molecule has 1 aromatic rings. The van der Waals surface area contributed by atoms with Crippen molar-refractivity contribution in [3.05, 3.63) is 22.6 Å². The number of oxazole rings is 1. The summed E-state index contributed by atoms with van der Waals surface area (Å²) in [6, 6.07) is -0.00483. The Labute approximate surface area is 222 Å². The molecule has 0 bridgehead atoms. The van der Waals surface area contributed by atoms with E-state index in [0.717, 1.165) is 0 Å². The number of hydrogen-bond acceptors (Lipinski definition) is 10. The zero-order chi connectivity index (χ0) is 23.4. The summed E-state index contributed by atoms with van der Waals surface area (Å²) in [4.78, 5) is 46.6. The molecule has 1 N–H and O–H groups in total. The fraction of sp³-hybridized carbons (Fsp3) is 0.619. The van der Waals surface area contributed by atoms with Crippen molar-refractivity contribution in [1.29, 1.82) is 0 Å². The first-order valence-corrected chi connectivity index (χ1v) is 11.9. The summed E-state index contributed by atoms with van der Waals surface area (Å²) >= 11 is 1.42. The molecule has 0 spiro atoms. The van der Waals surface area contributed by atoms with E-state index in [2.05, 4.69) is 4.98 Å². The average molecular weight is 501 g/mol. The topological polar surface area (TPSA) is 139 Å². The van der Waals surface area contributed by atoms with Crippen LogP contribution in [0.4, 0.5) is 6.01 Å². The molecule has 0 unspecified atom stereocenters. The number of carboxylic acid groups (broad SMARTS) is 1. The van der Waals surface area contributed by atoms with E-state index in [1.54, 1.807) is 11.8 Å². The molecule has 34 heavy (non-hydrogen) atoms. The largest absolute Gasteiger partial charge is 1.00 e. The van der Waals surface area contributed by atoms with Crippen molar-refractivity contribution in [3.8, 4) is 0 Å². The number of carbonyl (C=O) groups is 3. The third-order valence-electron chi connectivity index (χ3n) is 6.72. The van der Waals surface area contributed by atoms with Gasteiger partial charge in [-0.15, -0.1) is 11.8 Å². The molecule has 3 fully saturated rings. The minimum atomic E-state index is -1.38. The first-order chi connectivity index (χ1) is 15.8. The van der Waals surface area contributed by atoms with Gasteiger partial charge in [-0.2, -0.15) is 4.98 Å². The predicted molar refractivity (Wildman–Crippen MR) is 114 cm³/mol. The smallest absolute Gasteiger partial charge is 0.543 e. The number of aliphatic carboxylic acids is 1. The molecule has 5 rings (SSSR count). The summed E-state index contributed by atoms with van der Waals surface area (Å²) in [7, 11) is 0. The average Bonchev–Trinajstić information content (AvgIpc) is 3.32. The van der Waals surface area contributed by atoms with Gasteiger partial charge in [-0.05, 0) is 6.92 Å². The Morgan fingerprint density at radius 3 is 2.59 bits per heavy atom. The van der Waals surface area contributed by atoms with Crippen LogP contribution in [0.1, 0.15) is 24.3 Å². The molecule has 4 aliphatic heterocycles. The van der Waals surface area contributed by atoms with Gasteiger partial charge < -0.3 is 38.9 Å². The van der Waals surface area contributed by atoms with Crippen molar-refractivity contribution in [1.82, 2.24) is 14.8 Å². The summed E-state index contributed by atoms with van der Waals surface area (Å²) in [5.74, 6) is -2.73. The summed E-state index contributed by atoms with van der Waals surface area (Å²) in [6.07, 6.45) is 0.517. The van der Waals surface area contributed by atoms with E-state index >= 15 is 0 Å². The molecular weight excluding hydrogens is 475 g/mol. The van der Waals surface area contributed by atoms with Gasteiger partial charge in [-0.3, -0.25) is 9.59 Å². The van der Waals surface area contributed by atoms with Gasteiger partial charge in [0.25, 0.3) is 11.9 Å². The fourth-order valence-electron chi connectivity index (χ4n) is 4.95. The number of amides is 2. The molecule has 0 aromatic carbocycles. The Balaban J connectivity index is 0.00000274. The number of fused-ring (bicyclic) bond motifs is 1. The quantitative estimate of drug-likeness (QED) is 0.303. The maximum absolute atomic E-state index is 12.5. The van der Waals surface area contributed by atoms with Crippen LogP contribution in [0, 0.1) is 11.8 Å². The van der Waals surface area contributed by atoms with E-state index < -0.39 is 18.0 Å². The number of aromatic nitrogens is 1. The molecule has 2 amide bonds.